The first kappa shape index (κ1) is 6.09. The maximum atomic E-state index is 2.27. The molecule has 9 heavy (non-hydrogen) atoms. The van der Waals surface area contributed by atoms with Crippen molar-refractivity contribution in [1.29, 1.82) is 0 Å². The first-order valence-corrected chi connectivity index (χ1v) is 5.23. The Morgan fingerprint density at radius 2 is 2.22 bits per heavy atom. The molecule has 2 saturated carbocycles. The van der Waals surface area contributed by atoms with Crippen molar-refractivity contribution in [3.05, 3.63) is 0 Å². The second-order valence-electron chi connectivity index (χ2n) is 3.36. The number of fused-ring (bicyclic) bond motifs is 1. The van der Waals surface area contributed by atoms with Crippen molar-refractivity contribution < 1.29 is 0 Å². The zero-order chi connectivity index (χ0) is 6.27. The molecule has 0 aliphatic heterocycles. The summed E-state index contributed by atoms with van der Waals surface area (Å²) in [5, 5.41) is 1.05. The van der Waals surface area contributed by atoms with Gasteiger partial charge in [-0.1, -0.05) is 12.8 Å². The van der Waals surface area contributed by atoms with E-state index in [1.807, 2.05) is 0 Å². The molecule has 0 spiro atoms. The van der Waals surface area contributed by atoms with Crippen LogP contribution in [-0.2, 0) is 0 Å². The minimum absolute atomic E-state index is 1.05. The molecule has 0 nitrogen and oxygen atoms in total. The van der Waals surface area contributed by atoms with Gasteiger partial charge in [-0.2, -0.15) is 11.8 Å². The second kappa shape index (κ2) is 2.19. The molecule has 0 unspecified atom stereocenters. The Kier molecular flexibility index (Phi) is 1.48. The predicted molar refractivity (Wildman–Crippen MR) is 42.8 cm³/mol. The summed E-state index contributed by atoms with van der Waals surface area (Å²) >= 11 is 2.10. The molecular formula is C8H14S. The highest BCUT2D eigenvalue weighted by Crippen LogP contribution is 2.52. The fourth-order valence-corrected chi connectivity index (χ4v) is 3.23. The maximum Gasteiger partial charge on any atom is 0.00752 e. The summed E-state index contributed by atoms with van der Waals surface area (Å²) in [6.07, 6.45) is 8.38. The van der Waals surface area contributed by atoms with Crippen LogP contribution >= 0.6 is 11.8 Å². The van der Waals surface area contributed by atoms with E-state index in [1.54, 1.807) is 12.8 Å². The van der Waals surface area contributed by atoms with E-state index in [0.717, 1.165) is 17.1 Å². The quantitative estimate of drug-likeness (QED) is 0.542. The van der Waals surface area contributed by atoms with Crippen molar-refractivity contribution in [2.45, 2.75) is 30.9 Å². The van der Waals surface area contributed by atoms with Gasteiger partial charge in [0.2, 0.25) is 0 Å². The van der Waals surface area contributed by atoms with Crippen molar-refractivity contribution >= 4 is 11.8 Å². The van der Waals surface area contributed by atoms with Crippen molar-refractivity contribution in [1.82, 2.24) is 0 Å². The number of thioether (sulfide) groups is 1. The van der Waals surface area contributed by atoms with E-state index in [0.29, 0.717) is 0 Å². The van der Waals surface area contributed by atoms with Gasteiger partial charge >= 0.3 is 0 Å². The van der Waals surface area contributed by atoms with Crippen LogP contribution in [0.25, 0.3) is 0 Å². The Labute approximate surface area is 61.4 Å². The molecule has 0 heterocycles. The van der Waals surface area contributed by atoms with Crippen LogP contribution < -0.4 is 0 Å². The first-order valence-electron chi connectivity index (χ1n) is 3.94. The van der Waals surface area contributed by atoms with Gasteiger partial charge in [0.25, 0.3) is 0 Å². The average Bonchev–Trinajstić information content (AvgIpc) is 2.64. The Balaban J connectivity index is 1.93. The minimum Gasteiger partial charge on any atom is -0.162 e. The molecule has 0 radical (unpaired) electrons. The van der Waals surface area contributed by atoms with Crippen molar-refractivity contribution in [3.8, 4) is 0 Å². The predicted octanol–water partition coefficient (Wildman–Crippen LogP) is 2.54. The summed E-state index contributed by atoms with van der Waals surface area (Å²) in [5.41, 5.74) is 0. The van der Waals surface area contributed by atoms with Gasteiger partial charge in [-0.25, -0.2) is 0 Å². The zero-order valence-electron chi connectivity index (χ0n) is 5.97. The van der Waals surface area contributed by atoms with Gasteiger partial charge in [0.05, 0.1) is 0 Å². The standard InChI is InChI=1S/C8H14S/c1-9-8-4-2-3-6-5-7(6)8/h6-8H,2-5H2,1H3/t6-,7+,8-/m1/s1. The Hall–Kier alpha value is 0.350. The molecule has 2 fully saturated rings. The smallest absolute Gasteiger partial charge is 0.00752 e. The molecule has 52 valence electrons. The van der Waals surface area contributed by atoms with E-state index < -0.39 is 0 Å². The van der Waals surface area contributed by atoms with E-state index in [4.69, 9.17) is 0 Å². The van der Waals surface area contributed by atoms with E-state index in [9.17, 15) is 0 Å². The summed E-state index contributed by atoms with van der Waals surface area (Å²) in [5.74, 6) is 2.31. The second-order valence-corrected chi connectivity index (χ2v) is 4.44. The fraction of sp³-hybridized carbons (Fsp3) is 1.00. The minimum atomic E-state index is 1.05. The highest BCUT2D eigenvalue weighted by Gasteiger charge is 2.44. The zero-order valence-corrected chi connectivity index (χ0v) is 6.79. The van der Waals surface area contributed by atoms with Crippen LogP contribution in [0.15, 0.2) is 0 Å². The van der Waals surface area contributed by atoms with Crippen LogP contribution in [0.4, 0.5) is 0 Å². The van der Waals surface area contributed by atoms with E-state index in [-0.39, 0.29) is 0 Å². The van der Waals surface area contributed by atoms with E-state index >= 15 is 0 Å². The lowest BCUT2D eigenvalue weighted by atomic mass is 10.0. The lowest BCUT2D eigenvalue weighted by molar-refractivity contribution is 0.492. The van der Waals surface area contributed by atoms with Gasteiger partial charge in [-0.05, 0) is 30.9 Å². The number of hydrogen-bond donors (Lipinski definition) is 0. The topological polar surface area (TPSA) is 0 Å². The van der Waals surface area contributed by atoms with Crippen LogP contribution in [0.3, 0.4) is 0 Å². The van der Waals surface area contributed by atoms with Gasteiger partial charge < -0.3 is 0 Å². The SMILES string of the molecule is CS[C@@H]1CCC[C@@H]2C[C@@H]21. The van der Waals surface area contributed by atoms with Crippen LogP contribution in [0, 0.1) is 11.8 Å². The molecule has 0 bridgehead atoms. The normalized spacial score (nSPS) is 48.3. The van der Waals surface area contributed by atoms with Gasteiger partial charge in [-0.3, -0.25) is 0 Å². The molecule has 3 atom stereocenters. The lowest BCUT2D eigenvalue weighted by Crippen LogP contribution is -2.10. The van der Waals surface area contributed by atoms with Gasteiger partial charge in [-0.15, -0.1) is 0 Å². The summed E-state index contributed by atoms with van der Waals surface area (Å²) in [4.78, 5) is 0. The monoisotopic (exact) mass is 142 g/mol. The largest absolute Gasteiger partial charge is 0.162 e. The average molecular weight is 142 g/mol. The third-order valence-electron chi connectivity index (χ3n) is 2.82. The number of rotatable bonds is 1. The molecule has 0 aromatic heterocycles. The Morgan fingerprint density at radius 3 is 2.89 bits per heavy atom. The van der Waals surface area contributed by atoms with Gasteiger partial charge in [0.15, 0.2) is 0 Å². The molecule has 0 saturated heterocycles. The van der Waals surface area contributed by atoms with Crippen molar-refractivity contribution in [2.24, 2.45) is 11.8 Å². The molecule has 0 aromatic rings. The van der Waals surface area contributed by atoms with Crippen LogP contribution in [0.5, 0.6) is 0 Å². The lowest BCUT2D eigenvalue weighted by Gasteiger charge is -2.18. The molecule has 0 aromatic carbocycles. The molecule has 2 aliphatic rings. The molecule has 0 amide bonds. The molecule has 1 heteroatoms. The van der Waals surface area contributed by atoms with Crippen LogP contribution in [-0.4, -0.2) is 11.5 Å². The molecular weight excluding hydrogens is 128 g/mol. The summed E-state index contributed by atoms with van der Waals surface area (Å²) in [6, 6.07) is 0. The summed E-state index contributed by atoms with van der Waals surface area (Å²) in [6.45, 7) is 0. The van der Waals surface area contributed by atoms with Gasteiger partial charge in [0, 0.05) is 5.25 Å². The van der Waals surface area contributed by atoms with E-state index in [1.165, 1.54) is 12.8 Å². The van der Waals surface area contributed by atoms with Gasteiger partial charge in [0.1, 0.15) is 0 Å². The van der Waals surface area contributed by atoms with Crippen LogP contribution in [0.1, 0.15) is 25.7 Å². The Bertz CT molecular complexity index is 111. The van der Waals surface area contributed by atoms with Crippen molar-refractivity contribution in [2.75, 3.05) is 6.26 Å². The summed E-state index contributed by atoms with van der Waals surface area (Å²) < 4.78 is 0. The highest BCUT2D eigenvalue weighted by molar-refractivity contribution is 7.99. The number of hydrogen-bond acceptors (Lipinski definition) is 1. The molecule has 0 N–H and O–H groups in total. The summed E-state index contributed by atoms with van der Waals surface area (Å²) in [7, 11) is 0. The molecule has 2 aliphatic carbocycles. The Morgan fingerprint density at radius 1 is 1.33 bits per heavy atom. The maximum absolute atomic E-state index is 2.27. The first-order chi connectivity index (χ1) is 4.42. The van der Waals surface area contributed by atoms with Crippen molar-refractivity contribution in [3.63, 3.8) is 0 Å². The third kappa shape index (κ3) is 1.000. The van der Waals surface area contributed by atoms with E-state index in [2.05, 4.69) is 18.0 Å². The van der Waals surface area contributed by atoms with Crippen LogP contribution in [0.2, 0.25) is 0 Å². The highest BCUT2D eigenvalue weighted by atomic mass is 32.2. The molecule has 2 rings (SSSR count). The third-order valence-corrected chi connectivity index (χ3v) is 4.01. The fourth-order valence-electron chi connectivity index (χ4n) is 2.15.